The van der Waals surface area contributed by atoms with Crippen molar-refractivity contribution in [1.29, 1.82) is 0 Å². The highest BCUT2D eigenvalue weighted by Crippen LogP contribution is 2.24. The molecule has 1 aromatic heterocycles. The first-order valence-corrected chi connectivity index (χ1v) is 5.97. The molecule has 92 valence electrons. The molecule has 1 amide bonds. The van der Waals surface area contributed by atoms with Crippen LogP contribution in [0.15, 0.2) is 28.9 Å². The van der Waals surface area contributed by atoms with E-state index in [1.54, 1.807) is 0 Å². The minimum absolute atomic E-state index is 0.0872. The van der Waals surface area contributed by atoms with Crippen molar-refractivity contribution in [3.05, 3.63) is 40.0 Å². The molecule has 1 aromatic carbocycles. The predicted octanol–water partition coefficient (Wildman–Crippen LogP) is 1.90. The predicted molar refractivity (Wildman–Crippen MR) is 72.8 cm³/mol. The Morgan fingerprint density at radius 2 is 2.11 bits per heavy atom. The average molecular weight is 307 g/mol. The van der Waals surface area contributed by atoms with Gasteiger partial charge in [-0.05, 0) is 18.6 Å². The fourth-order valence-corrected chi connectivity index (χ4v) is 1.83. The second-order valence-corrected chi connectivity index (χ2v) is 4.68. The number of nitrogens with zero attached hydrogens (tertiary/aromatic N) is 2. The smallest absolute Gasteiger partial charge is 0.254 e. The minimum atomic E-state index is -0.635. The molecule has 0 saturated carbocycles. The lowest BCUT2D eigenvalue weighted by atomic mass is 10.1. The first-order chi connectivity index (χ1) is 8.49. The maximum Gasteiger partial charge on any atom is 0.254 e. The molecule has 18 heavy (non-hydrogen) atoms. The van der Waals surface area contributed by atoms with E-state index in [2.05, 4.69) is 25.9 Å². The van der Waals surface area contributed by atoms with Crippen molar-refractivity contribution in [3.8, 4) is 11.4 Å². The van der Waals surface area contributed by atoms with Gasteiger partial charge in [-0.15, -0.1) is 0 Å². The monoisotopic (exact) mass is 306 g/mol. The number of aryl methyl sites for hydroxylation is 1. The summed E-state index contributed by atoms with van der Waals surface area (Å²) < 4.78 is 0.959. The Labute approximate surface area is 112 Å². The van der Waals surface area contributed by atoms with Crippen LogP contribution in [0.5, 0.6) is 0 Å². The van der Waals surface area contributed by atoms with Crippen molar-refractivity contribution in [2.24, 2.45) is 5.73 Å². The van der Waals surface area contributed by atoms with Crippen LogP contribution in [0.25, 0.3) is 11.4 Å². The number of aromatic nitrogens is 2. The number of nitrogen functional groups attached to an aromatic ring is 1. The first kappa shape index (κ1) is 12.5. The van der Waals surface area contributed by atoms with Gasteiger partial charge in [0.2, 0.25) is 0 Å². The third-order valence-electron chi connectivity index (χ3n) is 2.51. The topological polar surface area (TPSA) is 94.9 Å². The van der Waals surface area contributed by atoms with Crippen molar-refractivity contribution in [1.82, 2.24) is 9.97 Å². The Balaban J connectivity index is 2.48. The van der Waals surface area contributed by atoms with Crippen LogP contribution in [0.4, 0.5) is 5.82 Å². The SMILES string of the molecule is Cc1ccc(-c2ncc(C(N)=O)c(N)n2)cc1Br. The van der Waals surface area contributed by atoms with Gasteiger partial charge in [0.15, 0.2) is 5.82 Å². The number of carbonyl (C=O) groups is 1. The zero-order valence-electron chi connectivity index (χ0n) is 9.64. The zero-order valence-corrected chi connectivity index (χ0v) is 11.2. The fourth-order valence-electron chi connectivity index (χ4n) is 1.46. The summed E-state index contributed by atoms with van der Waals surface area (Å²) in [4.78, 5) is 19.2. The Morgan fingerprint density at radius 3 is 2.67 bits per heavy atom. The molecule has 0 fully saturated rings. The highest BCUT2D eigenvalue weighted by Gasteiger charge is 2.10. The molecule has 0 spiro atoms. The summed E-state index contributed by atoms with van der Waals surface area (Å²) in [5.41, 5.74) is 12.9. The molecule has 0 radical (unpaired) electrons. The van der Waals surface area contributed by atoms with Gasteiger partial charge < -0.3 is 11.5 Å². The van der Waals surface area contributed by atoms with Crippen LogP contribution in [0.3, 0.4) is 0 Å². The van der Waals surface area contributed by atoms with Crippen LogP contribution in [0, 0.1) is 6.92 Å². The second-order valence-electron chi connectivity index (χ2n) is 3.82. The number of primary amides is 1. The molecule has 0 aliphatic heterocycles. The molecule has 0 unspecified atom stereocenters. The van der Waals surface area contributed by atoms with E-state index in [1.807, 2.05) is 25.1 Å². The van der Waals surface area contributed by atoms with E-state index in [9.17, 15) is 4.79 Å². The van der Waals surface area contributed by atoms with Gasteiger partial charge in [-0.2, -0.15) is 0 Å². The summed E-state index contributed by atoms with van der Waals surface area (Å²) in [7, 11) is 0. The Hall–Kier alpha value is -1.95. The largest absolute Gasteiger partial charge is 0.383 e. The highest BCUT2D eigenvalue weighted by atomic mass is 79.9. The van der Waals surface area contributed by atoms with Crippen molar-refractivity contribution >= 4 is 27.7 Å². The van der Waals surface area contributed by atoms with Gasteiger partial charge in [-0.1, -0.05) is 28.1 Å². The third-order valence-corrected chi connectivity index (χ3v) is 3.37. The summed E-state index contributed by atoms with van der Waals surface area (Å²) in [5.74, 6) is -0.0912. The number of rotatable bonds is 2. The summed E-state index contributed by atoms with van der Waals surface area (Å²) in [5, 5.41) is 0. The molecule has 0 bridgehead atoms. The van der Waals surface area contributed by atoms with Gasteiger partial charge in [0.1, 0.15) is 5.82 Å². The molecule has 4 N–H and O–H groups in total. The molecule has 0 atom stereocenters. The van der Waals surface area contributed by atoms with Crippen LogP contribution >= 0.6 is 15.9 Å². The van der Waals surface area contributed by atoms with Gasteiger partial charge in [-0.3, -0.25) is 4.79 Å². The van der Waals surface area contributed by atoms with Crippen LogP contribution in [0.1, 0.15) is 15.9 Å². The summed E-state index contributed by atoms with van der Waals surface area (Å²) in [6, 6.07) is 5.73. The van der Waals surface area contributed by atoms with Crippen molar-refractivity contribution in [3.63, 3.8) is 0 Å². The number of benzene rings is 1. The first-order valence-electron chi connectivity index (χ1n) is 5.18. The van der Waals surface area contributed by atoms with E-state index >= 15 is 0 Å². The van der Waals surface area contributed by atoms with Crippen LogP contribution in [-0.2, 0) is 0 Å². The highest BCUT2D eigenvalue weighted by molar-refractivity contribution is 9.10. The third kappa shape index (κ3) is 2.33. The number of hydrogen-bond acceptors (Lipinski definition) is 4. The van der Waals surface area contributed by atoms with Gasteiger partial charge in [0.25, 0.3) is 5.91 Å². The van der Waals surface area contributed by atoms with Crippen LogP contribution in [0.2, 0.25) is 0 Å². The van der Waals surface area contributed by atoms with Crippen LogP contribution in [-0.4, -0.2) is 15.9 Å². The van der Waals surface area contributed by atoms with E-state index < -0.39 is 5.91 Å². The number of amides is 1. The Kier molecular flexibility index (Phi) is 3.29. The summed E-state index contributed by atoms with van der Waals surface area (Å²) in [6.45, 7) is 1.99. The quantitative estimate of drug-likeness (QED) is 0.885. The molecule has 0 saturated heterocycles. The van der Waals surface area contributed by atoms with E-state index in [0.29, 0.717) is 5.82 Å². The zero-order chi connectivity index (χ0) is 13.3. The Bertz CT molecular complexity index is 627. The minimum Gasteiger partial charge on any atom is -0.383 e. The molecule has 1 heterocycles. The lowest BCUT2D eigenvalue weighted by Gasteiger charge is -2.05. The number of nitrogens with two attached hydrogens (primary N) is 2. The maximum atomic E-state index is 11.0. The average Bonchev–Trinajstić information content (AvgIpc) is 2.32. The molecule has 2 aromatic rings. The van der Waals surface area contributed by atoms with Gasteiger partial charge in [0.05, 0.1) is 5.56 Å². The standard InChI is InChI=1S/C12H11BrN4O/c1-6-2-3-7(4-9(6)13)12-16-5-8(11(15)18)10(14)17-12/h2-5H,1H3,(H2,15,18)(H2,14,16,17). The summed E-state index contributed by atoms with van der Waals surface area (Å²) >= 11 is 3.44. The lowest BCUT2D eigenvalue weighted by Crippen LogP contribution is -2.15. The normalized spacial score (nSPS) is 10.3. The number of carbonyl (C=O) groups excluding carboxylic acids is 1. The van der Waals surface area contributed by atoms with E-state index in [0.717, 1.165) is 15.6 Å². The summed E-state index contributed by atoms with van der Waals surface area (Å²) in [6.07, 6.45) is 1.34. The van der Waals surface area contributed by atoms with Gasteiger partial charge >= 0.3 is 0 Å². The van der Waals surface area contributed by atoms with Crippen molar-refractivity contribution in [2.45, 2.75) is 6.92 Å². The molecule has 0 aliphatic rings. The van der Waals surface area contributed by atoms with Crippen molar-refractivity contribution < 1.29 is 4.79 Å². The van der Waals surface area contributed by atoms with Crippen LogP contribution < -0.4 is 11.5 Å². The molecule has 5 nitrogen and oxygen atoms in total. The van der Waals surface area contributed by atoms with Crippen molar-refractivity contribution in [2.75, 3.05) is 5.73 Å². The Morgan fingerprint density at radius 1 is 1.39 bits per heavy atom. The maximum absolute atomic E-state index is 11.0. The van der Waals surface area contributed by atoms with E-state index in [-0.39, 0.29) is 11.4 Å². The molecule has 2 rings (SSSR count). The number of anilines is 1. The fraction of sp³-hybridized carbons (Fsp3) is 0.0833. The molecule has 0 aliphatic carbocycles. The van der Waals surface area contributed by atoms with E-state index in [4.69, 9.17) is 11.5 Å². The number of hydrogen-bond donors (Lipinski definition) is 2. The van der Waals surface area contributed by atoms with E-state index in [1.165, 1.54) is 6.20 Å². The molecular weight excluding hydrogens is 296 g/mol. The number of halogens is 1. The molecule has 6 heteroatoms. The second kappa shape index (κ2) is 4.73. The molecular formula is C12H11BrN4O. The van der Waals surface area contributed by atoms with Gasteiger partial charge in [0, 0.05) is 16.2 Å². The lowest BCUT2D eigenvalue weighted by molar-refractivity contribution is 0.100. The van der Waals surface area contributed by atoms with Gasteiger partial charge in [-0.25, -0.2) is 9.97 Å².